The molecule has 0 unspecified atom stereocenters. The van der Waals surface area contributed by atoms with E-state index in [4.69, 9.17) is 12.2 Å². The summed E-state index contributed by atoms with van der Waals surface area (Å²) in [6, 6.07) is 0. The summed E-state index contributed by atoms with van der Waals surface area (Å²) in [5.41, 5.74) is 6.12. The van der Waals surface area contributed by atoms with Crippen molar-refractivity contribution in [3.63, 3.8) is 0 Å². The second-order valence-corrected chi connectivity index (χ2v) is 4.09. The molecule has 1 rings (SSSR count). The summed E-state index contributed by atoms with van der Waals surface area (Å²) in [5.74, 6) is 3.59. The van der Waals surface area contributed by atoms with Crippen LogP contribution in [0.5, 0.6) is 0 Å². The number of terminal acetylenes is 1. The van der Waals surface area contributed by atoms with Crippen molar-refractivity contribution in [3.8, 4) is 12.3 Å². The quantitative estimate of drug-likeness (QED) is 0.624. The van der Waals surface area contributed by atoms with Gasteiger partial charge >= 0.3 is 0 Å². The standard InChI is InChI=1S/C11H19N/c1-3-7-11(12)8-5-10(4-2)6-9-11/h1,10H,4-9,12H2,2H3. The highest BCUT2D eigenvalue weighted by atomic mass is 14.7. The maximum absolute atomic E-state index is 6.14. The van der Waals surface area contributed by atoms with E-state index in [0.29, 0.717) is 0 Å². The molecule has 0 aromatic heterocycles. The molecule has 1 saturated carbocycles. The van der Waals surface area contributed by atoms with Crippen molar-refractivity contribution in [1.82, 2.24) is 0 Å². The van der Waals surface area contributed by atoms with Crippen LogP contribution < -0.4 is 5.73 Å². The highest BCUT2D eigenvalue weighted by molar-refractivity contribution is 5.00. The average molecular weight is 165 g/mol. The van der Waals surface area contributed by atoms with Crippen LogP contribution in [0.4, 0.5) is 0 Å². The third kappa shape index (κ3) is 2.25. The first-order chi connectivity index (χ1) is 5.70. The monoisotopic (exact) mass is 165 g/mol. The fraction of sp³-hybridized carbons (Fsp3) is 0.818. The fourth-order valence-electron chi connectivity index (χ4n) is 2.04. The summed E-state index contributed by atoms with van der Waals surface area (Å²) in [7, 11) is 0. The minimum absolute atomic E-state index is 0.0274. The largest absolute Gasteiger partial charge is 0.324 e. The summed E-state index contributed by atoms with van der Waals surface area (Å²) in [6.45, 7) is 2.26. The number of nitrogens with two attached hydrogens (primary N) is 1. The number of hydrogen-bond donors (Lipinski definition) is 1. The Bertz CT molecular complexity index is 170. The molecule has 1 nitrogen and oxygen atoms in total. The van der Waals surface area contributed by atoms with Gasteiger partial charge < -0.3 is 5.73 Å². The Morgan fingerprint density at radius 2 is 2.08 bits per heavy atom. The molecule has 0 amide bonds. The van der Waals surface area contributed by atoms with E-state index in [1.807, 2.05) is 0 Å². The third-order valence-electron chi connectivity index (χ3n) is 3.13. The highest BCUT2D eigenvalue weighted by Crippen LogP contribution is 2.33. The van der Waals surface area contributed by atoms with E-state index in [9.17, 15) is 0 Å². The lowest BCUT2D eigenvalue weighted by Gasteiger charge is -2.35. The molecule has 68 valence electrons. The van der Waals surface area contributed by atoms with E-state index in [2.05, 4.69) is 12.8 Å². The molecule has 12 heavy (non-hydrogen) atoms. The zero-order valence-corrected chi connectivity index (χ0v) is 7.97. The summed E-state index contributed by atoms with van der Waals surface area (Å²) in [5, 5.41) is 0. The smallest absolute Gasteiger partial charge is 0.0267 e. The minimum atomic E-state index is -0.0274. The van der Waals surface area contributed by atoms with Gasteiger partial charge in [-0.05, 0) is 31.6 Å². The Morgan fingerprint density at radius 3 is 2.50 bits per heavy atom. The average Bonchev–Trinajstić information content (AvgIpc) is 2.06. The number of rotatable bonds is 2. The lowest BCUT2D eigenvalue weighted by Crippen LogP contribution is -2.42. The van der Waals surface area contributed by atoms with Crippen LogP contribution in [-0.4, -0.2) is 5.54 Å². The summed E-state index contributed by atoms with van der Waals surface area (Å²) in [6.07, 6.45) is 12.1. The van der Waals surface area contributed by atoms with Gasteiger partial charge in [0, 0.05) is 12.0 Å². The van der Waals surface area contributed by atoms with Crippen LogP contribution in [-0.2, 0) is 0 Å². The Balaban J connectivity index is 2.39. The second kappa shape index (κ2) is 3.96. The van der Waals surface area contributed by atoms with Gasteiger partial charge in [0.2, 0.25) is 0 Å². The molecule has 0 heterocycles. The highest BCUT2D eigenvalue weighted by Gasteiger charge is 2.29. The van der Waals surface area contributed by atoms with Crippen LogP contribution in [0, 0.1) is 18.3 Å². The Hall–Kier alpha value is -0.480. The van der Waals surface area contributed by atoms with E-state index >= 15 is 0 Å². The molecule has 0 saturated heterocycles. The molecule has 1 heteroatoms. The molecule has 0 bridgehead atoms. The fourth-order valence-corrected chi connectivity index (χ4v) is 2.04. The third-order valence-corrected chi connectivity index (χ3v) is 3.13. The second-order valence-electron chi connectivity index (χ2n) is 4.09. The molecule has 1 fully saturated rings. The normalized spacial score (nSPS) is 35.9. The van der Waals surface area contributed by atoms with Gasteiger partial charge in [0.1, 0.15) is 0 Å². The Morgan fingerprint density at radius 1 is 1.50 bits per heavy atom. The van der Waals surface area contributed by atoms with Crippen molar-refractivity contribution in [2.45, 2.75) is 51.0 Å². The predicted octanol–water partition coefficient (Wildman–Crippen LogP) is 2.31. The lowest BCUT2D eigenvalue weighted by molar-refractivity contribution is 0.233. The van der Waals surface area contributed by atoms with Gasteiger partial charge in [-0.25, -0.2) is 0 Å². The Kier molecular flexibility index (Phi) is 3.17. The first-order valence-corrected chi connectivity index (χ1v) is 4.92. The SMILES string of the molecule is C#CCC1(N)CCC(CC)CC1. The van der Waals surface area contributed by atoms with Crippen LogP contribution in [0.25, 0.3) is 0 Å². The molecule has 2 N–H and O–H groups in total. The molecule has 0 radical (unpaired) electrons. The van der Waals surface area contributed by atoms with Crippen LogP contribution in [0.1, 0.15) is 45.4 Å². The lowest BCUT2D eigenvalue weighted by atomic mass is 9.75. The first kappa shape index (κ1) is 9.61. The first-order valence-electron chi connectivity index (χ1n) is 4.92. The molecule has 1 aliphatic carbocycles. The van der Waals surface area contributed by atoms with E-state index < -0.39 is 0 Å². The van der Waals surface area contributed by atoms with E-state index in [1.165, 1.54) is 19.3 Å². The summed E-state index contributed by atoms with van der Waals surface area (Å²) >= 11 is 0. The molecule has 0 aromatic carbocycles. The maximum atomic E-state index is 6.14. The van der Waals surface area contributed by atoms with Gasteiger partial charge in [-0.3, -0.25) is 0 Å². The van der Waals surface area contributed by atoms with Crippen molar-refractivity contribution >= 4 is 0 Å². The van der Waals surface area contributed by atoms with E-state index in [0.717, 1.165) is 25.2 Å². The molecule has 0 spiro atoms. The molecule has 0 atom stereocenters. The van der Waals surface area contributed by atoms with Crippen LogP contribution in [0.15, 0.2) is 0 Å². The zero-order valence-electron chi connectivity index (χ0n) is 7.97. The van der Waals surface area contributed by atoms with Gasteiger partial charge in [-0.15, -0.1) is 12.3 Å². The van der Waals surface area contributed by atoms with Crippen LogP contribution in [0.2, 0.25) is 0 Å². The minimum Gasteiger partial charge on any atom is -0.324 e. The maximum Gasteiger partial charge on any atom is 0.0267 e. The Labute approximate surface area is 75.7 Å². The van der Waals surface area contributed by atoms with Gasteiger partial charge in [0.05, 0.1) is 0 Å². The molecular formula is C11H19N. The molecule has 1 aliphatic rings. The molecular weight excluding hydrogens is 146 g/mol. The van der Waals surface area contributed by atoms with Gasteiger partial charge in [0.15, 0.2) is 0 Å². The zero-order chi connectivity index (χ0) is 9.03. The van der Waals surface area contributed by atoms with Gasteiger partial charge in [-0.1, -0.05) is 13.3 Å². The van der Waals surface area contributed by atoms with E-state index in [-0.39, 0.29) is 5.54 Å². The van der Waals surface area contributed by atoms with Crippen molar-refractivity contribution in [3.05, 3.63) is 0 Å². The van der Waals surface area contributed by atoms with Crippen molar-refractivity contribution < 1.29 is 0 Å². The predicted molar refractivity (Wildman–Crippen MR) is 52.6 cm³/mol. The summed E-state index contributed by atoms with van der Waals surface area (Å²) < 4.78 is 0. The molecule has 0 aliphatic heterocycles. The topological polar surface area (TPSA) is 26.0 Å². The summed E-state index contributed by atoms with van der Waals surface area (Å²) in [4.78, 5) is 0. The van der Waals surface area contributed by atoms with Crippen molar-refractivity contribution in [1.29, 1.82) is 0 Å². The van der Waals surface area contributed by atoms with Crippen LogP contribution >= 0.6 is 0 Å². The van der Waals surface area contributed by atoms with Crippen LogP contribution in [0.3, 0.4) is 0 Å². The molecule has 0 aromatic rings. The van der Waals surface area contributed by atoms with Crippen molar-refractivity contribution in [2.75, 3.05) is 0 Å². The van der Waals surface area contributed by atoms with Gasteiger partial charge in [-0.2, -0.15) is 0 Å². The van der Waals surface area contributed by atoms with Gasteiger partial charge in [0.25, 0.3) is 0 Å². The van der Waals surface area contributed by atoms with Crippen molar-refractivity contribution in [2.24, 2.45) is 11.7 Å². The number of hydrogen-bond acceptors (Lipinski definition) is 1. The van der Waals surface area contributed by atoms with E-state index in [1.54, 1.807) is 0 Å².